The Labute approximate surface area is 176 Å². The number of likely N-dealkylation sites (tertiary alicyclic amines) is 1. The molecule has 29 heavy (non-hydrogen) atoms. The molecule has 0 spiro atoms. The number of piperidine rings is 1. The zero-order valence-corrected chi connectivity index (χ0v) is 18.0. The van der Waals surface area contributed by atoms with E-state index < -0.39 is 0 Å². The minimum absolute atomic E-state index is 0.0694. The smallest absolute Gasteiger partial charge is 0.251 e. The normalized spacial score (nSPS) is 19.7. The van der Waals surface area contributed by atoms with Crippen LogP contribution in [0.15, 0.2) is 35.7 Å². The number of nitrogens with zero attached hydrogens (tertiary/aromatic N) is 2. The molecule has 6 nitrogen and oxygen atoms in total. The second-order valence-electron chi connectivity index (χ2n) is 8.06. The first-order valence-corrected chi connectivity index (χ1v) is 11.2. The number of aromatic nitrogens is 1. The predicted molar refractivity (Wildman–Crippen MR) is 117 cm³/mol. The van der Waals surface area contributed by atoms with Gasteiger partial charge >= 0.3 is 0 Å². The third-order valence-corrected chi connectivity index (χ3v) is 5.84. The van der Waals surface area contributed by atoms with Crippen molar-refractivity contribution < 1.29 is 9.59 Å². The monoisotopic (exact) mass is 414 g/mol. The van der Waals surface area contributed by atoms with Crippen molar-refractivity contribution in [3.05, 3.63) is 47.0 Å². The molecule has 1 fully saturated rings. The molecule has 2 aromatic rings. The van der Waals surface area contributed by atoms with Crippen molar-refractivity contribution in [1.29, 1.82) is 0 Å². The molecule has 0 unspecified atom stereocenters. The number of benzene rings is 1. The molecule has 2 amide bonds. The number of rotatable bonds is 8. The van der Waals surface area contributed by atoms with E-state index in [-0.39, 0.29) is 11.8 Å². The van der Waals surface area contributed by atoms with Crippen LogP contribution in [0.2, 0.25) is 0 Å². The second-order valence-corrected chi connectivity index (χ2v) is 8.92. The first-order valence-electron chi connectivity index (χ1n) is 10.3. The molecule has 7 heteroatoms. The van der Waals surface area contributed by atoms with Crippen LogP contribution in [0.5, 0.6) is 0 Å². The van der Waals surface area contributed by atoms with Crippen LogP contribution in [-0.4, -0.2) is 41.3 Å². The molecule has 1 aromatic heterocycles. The zero-order valence-electron chi connectivity index (χ0n) is 17.2. The summed E-state index contributed by atoms with van der Waals surface area (Å²) in [6, 6.07) is 9.08. The van der Waals surface area contributed by atoms with Gasteiger partial charge in [-0.25, -0.2) is 4.98 Å². The van der Waals surface area contributed by atoms with E-state index in [0.717, 1.165) is 37.2 Å². The van der Waals surface area contributed by atoms with Gasteiger partial charge in [-0.3, -0.25) is 14.5 Å². The number of hydrogen-bond acceptors (Lipinski definition) is 5. The predicted octanol–water partition coefficient (Wildman–Crippen LogP) is 3.77. The van der Waals surface area contributed by atoms with Gasteiger partial charge in [-0.15, -0.1) is 11.3 Å². The average molecular weight is 415 g/mol. The standard InChI is InChI=1S/C22H30N4O2S/c1-16-11-17(2)13-26(12-16)14-19-15-29-22(24-19)25-20(27)9-6-10-23-21(28)18-7-4-3-5-8-18/h3-5,7-8,15-17H,6,9-14H2,1-2H3,(H,23,28)(H,24,25,27)/t16-,17-/m0/s1. The Kier molecular flexibility index (Phi) is 7.77. The highest BCUT2D eigenvalue weighted by atomic mass is 32.1. The summed E-state index contributed by atoms with van der Waals surface area (Å²) < 4.78 is 0. The number of nitrogens with one attached hydrogen (secondary N) is 2. The lowest BCUT2D eigenvalue weighted by Gasteiger charge is -2.34. The van der Waals surface area contributed by atoms with Gasteiger partial charge in [0.15, 0.2) is 5.13 Å². The van der Waals surface area contributed by atoms with Gasteiger partial charge in [0, 0.05) is 43.5 Å². The van der Waals surface area contributed by atoms with Crippen LogP contribution < -0.4 is 10.6 Å². The van der Waals surface area contributed by atoms with Crippen LogP contribution in [-0.2, 0) is 11.3 Å². The fraction of sp³-hybridized carbons (Fsp3) is 0.500. The molecule has 2 atom stereocenters. The summed E-state index contributed by atoms with van der Waals surface area (Å²) in [5.41, 5.74) is 1.64. The summed E-state index contributed by atoms with van der Waals surface area (Å²) in [5.74, 6) is 1.26. The molecular formula is C22H30N4O2S. The van der Waals surface area contributed by atoms with Crippen LogP contribution in [0.1, 0.15) is 49.2 Å². The largest absolute Gasteiger partial charge is 0.352 e. The van der Waals surface area contributed by atoms with Crippen LogP contribution in [0.25, 0.3) is 0 Å². The Hall–Kier alpha value is -2.25. The molecule has 0 bridgehead atoms. The van der Waals surface area contributed by atoms with Crippen molar-refractivity contribution in [2.45, 2.75) is 39.7 Å². The minimum Gasteiger partial charge on any atom is -0.352 e. The summed E-state index contributed by atoms with van der Waals surface area (Å²) >= 11 is 1.47. The molecule has 3 rings (SSSR count). The van der Waals surface area contributed by atoms with E-state index in [4.69, 9.17) is 0 Å². The van der Waals surface area contributed by atoms with E-state index in [9.17, 15) is 9.59 Å². The van der Waals surface area contributed by atoms with E-state index in [1.165, 1.54) is 17.8 Å². The van der Waals surface area contributed by atoms with Crippen LogP contribution in [0.4, 0.5) is 5.13 Å². The van der Waals surface area contributed by atoms with E-state index >= 15 is 0 Å². The van der Waals surface area contributed by atoms with E-state index in [1.54, 1.807) is 12.1 Å². The number of carbonyl (C=O) groups is 2. The van der Waals surface area contributed by atoms with Gasteiger partial charge in [0.25, 0.3) is 5.91 Å². The van der Waals surface area contributed by atoms with Gasteiger partial charge in [-0.05, 0) is 36.8 Å². The van der Waals surface area contributed by atoms with Crippen LogP contribution in [0.3, 0.4) is 0 Å². The maximum absolute atomic E-state index is 12.1. The van der Waals surface area contributed by atoms with Gasteiger partial charge in [-0.2, -0.15) is 0 Å². The molecule has 156 valence electrons. The van der Waals surface area contributed by atoms with Crippen molar-refractivity contribution in [1.82, 2.24) is 15.2 Å². The molecule has 1 aliphatic rings. The van der Waals surface area contributed by atoms with E-state index in [2.05, 4.69) is 34.4 Å². The lowest BCUT2D eigenvalue weighted by molar-refractivity contribution is -0.116. The molecule has 0 saturated carbocycles. The molecule has 2 heterocycles. The first kappa shape index (κ1) is 21.5. The molecule has 1 saturated heterocycles. The van der Waals surface area contributed by atoms with Crippen molar-refractivity contribution in [2.24, 2.45) is 11.8 Å². The Morgan fingerprint density at radius 2 is 1.90 bits per heavy atom. The van der Waals surface area contributed by atoms with Crippen molar-refractivity contribution in [3.63, 3.8) is 0 Å². The highest BCUT2D eigenvalue weighted by Gasteiger charge is 2.22. The third kappa shape index (κ3) is 6.94. The third-order valence-electron chi connectivity index (χ3n) is 5.03. The Morgan fingerprint density at radius 3 is 2.62 bits per heavy atom. The van der Waals surface area contributed by atoms with E-state index in [1.807, 2.05) is 23.6 Å². The quantitative estimate of drug-likeness (QED) is 0.645. The van der Waals surface area contributed by atoms with Gasteiger partial charge in [0.2, 0.25) is 5.91 Å². The summed E-state index contributed by atoms with van der Waals surface area (Å²) in [6.07, 6.45) is 2.23. The number of hydrogen-bond donors (Lipinski definition) is 2. The Balaban J connectivity index is 1.36. The average Bonchev–Trinajstić information content (AvgIpc) is 3.11. The van der Waals surface area contributed by atoms with Crippen LogP contribution >= 0.6 is 11.3 Å². The molecule has 0 radical (unpaired) electrons. The highest BCUT2D eigenvalue weighted by Crippen LogP contribution is 2.24. The second kappa shape index (κ2) is 10.5. The summed E-state index contributed by atoms with van der Waals surface area (Å²) in [7, 11) is 0. The van der Waals surface area contributed by atoms with Crippen molar-refractivity contribution in [3.8, 4) is 0 Å². The summed E-state index contributed by atoms with van der Waals surface area (Å²) in [4.78, 5) is 31.1. The number of amides is 2. The maximum atomic E-state index is 12.1. The van der Waals surface area contributed by atoms with E-state index in [0.29, 0.717) is 30.1 Å². The molecule has 0 aliphatic carbocycles. The summed E-state index contributed by atoms with van der Waals surface area (Å²) in [6.45, 7) is 8.13. The molecular weight excluding hydrogens is 384 g/mol. The molecule has 2 N–H and O–H groups in total. The molecule has 1 aromatic carbocycles. The molecule has 1 aliphatic heterocycles. The highest BCUT2D eigenvalue weighted by molar-refractivity contribution is 7.13. The Morgan fingerprint density at radius 1 is 1.17 bits per heavy atom. The first-order chi connectivity index (χ1) is 14.0. The number of carbonyl (C=O) groups excluding carboxylic acids is 2. The fourth-order valence-electron chi connectivity index (χ4n) is 3.91. The van der Waals surface area contributed by atoms with Gasteiger partial charge in [0.1, 0.15) is 0 Å². The lowest BCUT2D eigenvalue weighted by atomic mass is 9.92. The maximum Gasteiger partial charge on any atom is 0.251 e. The minimum atomic E-state index is -0.114. The van der Waals surface area contributed by atoms with Gasteiger partial charge < -0.3 is 10.6 Å². The van der Waals surface area contributed by atoms with Crippen LogP contribution in [0, 0.1) is 11.8 Å². The van der Waals surface area contributed by atoms with Gasteiger partial charge in [-0.1, -0.05) is 32.0 Å². The van der Waals surface area contributed by atoms with Crippen molar-refractivity contribution >= 4 is 28.3 Å². The van der Waals surface area contributed by atoms with Crippen molar-refractivity contribution in [2.75, 3.05) is 25.0 Å². The Bertz CT molecular complexity index is 798. The fourth-order valence-corrected chi connectivity index (χ4v) is 4.63. The topological polar surface area (TPSA) is 74.3 Å². The number of thiazole rings is 1. The summed E-state index contributed by atoms with van der Waals surface area (Å²) in [5, 5.41) is 8.39. The SMILES string of the molecule is C[C@H]1C[C@H](C)CN(Cc2csc(NC(=O)CCCNC(=O)c3ccccc3)n2)C1. The number of anilines is 1. The van der Waals surface area contributed by atoms with Gasteiger partial charge in [0.05, 0.1) is 5.69 Å². The zero-order chi connectivity index (χ0) is 20.6. The lowest BCUT2D eigenvalue weighted by Crippen LogP contribution is -2.38.